The second-order valence-electron chi connectivity index (χ2n) is 7.52. The van der Waals surface area contributed by atoms with Crippen molar-refractivity contribution in [3.05, 3.63) is 11.6 Å². The van der Waals surface area contributed by atoms with E-state index in [0.29, 0.717) is 11.5 Å². The van der Waals surface area contributed by atoms with Gasteiger partial charge in [-0.1, -0.05) is 110 Å². The molecular formula is C22H42O2. The Balaban J connectivity index is 3.26. The summed E-state index contributed by atoms with van der Waals surface area (Å²) in [6.07, 6.45) is 22.4. The number of carboxylic acids is 1. The molecule has 0 heterocycles. The minimum absolute atomic E-state index is 0.387. The third-order valence-corrected chi connectivity index (χ3v) is 4.88. The summed E-state index contributed by atoms with van der Waals surface area (Å²) in [5.41, 5.74) is 0.480. The Labute approximate surface area is 151 Å². The Morgan fingerprint density at radius 2 is 1.17 bits per heavy atom. The number of rotatable bonds is 17. The Kier molecular flexibility index (Phi) is 16.5. The summed E-state index contributed by atoms with van der Waals surface area (Å²) in [6.45, 7) is 6.08. The average Bonchev–Trinajstić information content (AvgIpc) is 2.55. The molecule has 24 heavy (non-hydrogen) atoms. The van der Waals surface area contributed by atoms with Crippen LogP contribution in [0.4, 0.5) is 0 Å². The Morgan fingerprint density at radius 1 is 0.792 bits per heavy atom. The molecule has 142 valence electrons. The molecule has 0 bridgehead atoms. The minimum Gasteiger partial charge on any atom is -0.478 e. The molecule has 0 aliphatic rings. The van der Waals surface area contributed by atoms with E-state index in [1.54, 1.807) is 6.92 Å². The summed E-state index contributed by atoms with van der Waals surface area (Å²) < 4.78 is 0. The van der Waals surface area contributed by atoms with E-state index in [-0.39, 0.29) is 0 Å². The molecular weight excluding hydrogens is 296 g/mol. The topological polar surface area (TPSA) is 37.3 Å². The van der Waals surface area contributed by atoms with Crippen LogP contribution in [0.5, 0.6) is 0 Å². The number of carbonyl (C=O) groups is 1. The quantitative estimate of drug-likeness (QED) is 0.220. The van der Waals surface area contributed by atoms with Crippen LogP contribution in [-0.4, -0.2) is 11.1 Å². The molecule has 0 saturated carbocycles. The van der Waals surface area contributed by atoms with Crippen LogP contribution in [-0.2, 0) is 4.79 Å². The molecule has 0 spiro atoms. The molecule has 0 rings (SSSR count). The highest BCUT2D eigenvalue weighted by molar-refractivity contribution is 5.85. The molecule has 0 aliphatic carbocycles. The third-order valence-electron chi connectivity index (χ3n) is 4.88. The lowest BCUT2D eigenvalue weighted by atomic mass is 9.99. The summed E-state index contributed by atoms with van der Waals surface area (Å²) in [5, 5.41) is 8.86. The first-order chi connectivity index (χ1) is 11.6. The molecule has 1 atom stereocenters. The van der Waals surface area contributed by atoms with E-state index in [1.165, 1.54) is 89.9 Å². The monoisotopic (exact) mass is 338 g/mol. The molecule has 0 aromatic carbocycles. The Bertz CT molecular complexity index is 320. The van der Waals surface area contributed by atoms with Crippen molar-refractivity contribution in [1.29, 1.82) is 0 Å². The van der Waals surface area contributed by atoms with Gasteiger partial charge in [-0.15, -0.1) is 0 Å². The largest absolute Gasteiger partial charge is 0.478 e. The summed E-state index contributed by atoms with van der Waals surface area (Å²) in [5.74, 6) is -0.402. The normalized spacial score (nSPS) is 13.2. The maximum absolute atomic E-state index is 10.8. The van der Waals surface area contributed by atoms with Gasteiger partial charge in [-0.2, -0.15) is 0 Å². The van der Waals surface area contributed by atoms with E-state index >= 15 is 0 Å². The van der Waals surface area contributed by atoms with Crippen LogP contribution in [0.1, 0.15) is 117 Å². The molecule has 0 amide bonds. The highest BCUT2D eigenvalue weighted by Crippen LogP contribution is 2.16. The van der Waals surface area contributed by atoms with E-state index in [0.717, 1.165) is 6.42 Å². The standard InChI is InChI=1S/C22H42O2/c1-4-5-6-7-8-9-10-11-12-13-14-15-16-17-18-20(2)19-21(3)22(23)24/h19-20H,4-18H2,1-3H3,(H,23,24). The van der Waals surface area contributed by atoms with Gasteiger partial charge < -0.3 is 5.11 Å². The van der Waals surface area contributed by atoms with E-state index in [1.807, 2.05) is 6.08 Å². The molecule has 2 heteroatoms. The number of allylic oxidation sites excluding steroid dienone is 1. The zero-order valence-corrected chi connectivity index (χ0v) is 16.6. The van der Waals surface area contributed by atoms with Crippen molar-refractivity contribution in [2.45, 2.75) is 117 Å². The highest BCUT2D eigenvalue weighted by Gasteiger charge is 2.04. The molecule has 2 nitrogen and oxygen atoms in total. The van der Waals surface area contributed by atoms with Gasteiger partial charge in [-0.25, -0.2) is 4.79 Å². The van der Waals surface area contributed by atoms with Crippen LogP contribution in [0.3, 0.4) is 0 Å². The first-order valence-electron chi connectivity index (χ1n) is 10.5. The number of aliphatic carboxylic acids is 1. The third kappa shape index (κ3) is 16.1. The SMILES string of the molecule is CCCCCCCCCCCCCCCCC(C)C=C(C)C(=O)O. The first-order valence-corrected chi connectivity index (χ1v) is 10.5. The van der Waals surface area contributed by atoms with Crippen LogP contribution in [0, 0.1) is 5.92 Å². The molecule has 1 unspecified atom stereocenters. The lowest BCUT2D eigenvalue weighted by molar-refractivity contribution is -0.132. The summed E-state index contributed by atoms with van der Waals surface area (Å²) in [4.78, 5) is 10.8. The van der Waals surface area contributed by atoms with E-state index in [9.17, 15) is 4.79 Å². The Hall–Kier alpha value is -0.790. The highest BCUT2D eigenvalue weighted by atomic mass is 16.4. The zero-order chi connectivity index (χ0) is 18.0. The predicted octanol–water partition coefficient (Wildman–Crippen LogP) is 7.52. The fourth-order valence-electron chi connectivity index (χ4n) is 3.24. The lowest BCUT2D eigenvalue weighted by Gasteiger charge is -2.07. The summed E-state index contributed by atoms with van der Waals surface area (Å²) >= 11 is 0. The van der Waals surface area contributed by atoms with Crippen molar-refractivity contribution >= 4 is 5.97 Å². The van der Waals surface area contributed by atoms with Crippen LogP contribution < -0.4 is 0 Å². The van der Waals surface area contributed by atoms with Crippen molar-refractivity contribution in [2.75, 3.05) is 0 Å². The van der Waals surface area contributed by atoms with Gasteiger partial charge in [0, 0.05) is 5.57 Å². The minimum atomic E-state index is -0.789. The van der Waals surface area contributed by atoms with Crippen molar-refractivity contribution < 1.29 is 9.90 Å². The molecule has 0 saturated heterocycles. The van der Waals surface area contributed by atoms with E-state index < -0.39 is 5.97 Å². The molecule has 0 aromatic heterocycles. The maximum atomic E-state index is 10.8. The predicted molar refractivity (Wildman–Crippen MR) is 105 cm³/mol. The molecule has 0 fully saturated rings. The summed E-state index contributed by atoms with van der Waals surface area (Å²) in [6, 6.07) is 0. The van der Waals surface area contributed by atoms with Gasteiger partial charge in [0.1, 0.15) is 0 Å². The van der Waals surface area contributed by atoms with Gasteiger partial charge in [0.25, 0.3) is 0 Å². The summed E-state index contributed by atoms with van der Waals surface area (Å²) in [7, 11) is 0. The van der Waals surface area contributed by atoms with Crippen LogP contribution in [0.25, 0.3) is 0 Å². The van der Waals surface area contributed by atoms with Crippen LogP contribution >= 0.6 is 0 Å². The molecule has 0 aromatic rings. The second-order valence-corrected chi connectivity index (χ2v) is 7.52. The van der Waals surface area contributed by atoms with Gasteiger partial charge in [0.05, 0.1) is 0 Å². The van der Waals surface area contributed by atoms with Gasteiger partial charge >= 0.3 is 5.97 Å². The lowest BCUT2D eigenvalue weighted by Crippen LogP contribution is -1.99. The second kappa shape index (κ2) is 17.0. The molecule has 1 N–H and O–H groups in total. The van der Waals surface area contributed by atoms with E-state index in [2.05, 4.69) is 13.8 Å². The smallest absolute Gasteiger partial charge is 0.330 e. The van der Waals surface area contributed by atoms with Crippen molar-refractivity contribution in [3.8, 4) is 0 Å². The van der Waals surface area contributed by atoms with Crippen LogP contribution in [0.15, 0.2) is 11.6 Å². The van der Waals surface area contributed by atoms with E-state index in [4.69, 9.17) is 5.11 Å². The Morgan fingerprint density at radius 3 is 1.54 bits per heavy atom. The first kappa shape index (κ1) is 23.2. The molecule has 0 aliphatic heterocycles. The maximum Gasteiger partial charge on any atom is 0.330 e. The fraction of sp³-hybridized carbons (Fsp3) is 0.864. The van der Waals surface area contributed by atoms with Gasteiger partial charge in [0.15, 0.2) is 0 Å². The zero-order valence-electron chi connectivity index (χ0n) is 16.6. The number of hydrogen-bond acceptors (Lipinski definition) is 1. The number of hydrogen-bond donors (Lipinski definition) is 1. The van der Waals surface area contributed by atoms with Crippen molar-refractivity contribution in [2.24, 2.45) is 5.92 Å². The molecule has 0 radical (unpaired) electrons. The van der Waals surface area contributed by atoms with Crippen molar-refractivity contribution in [3.63, 3.8) is 0 Å². The fourth-order valence-corrected chi connectivity index (χ4v) is 3.24. The number of unbranched alkanes of at least 4 members (excludes halogenated alkanes) is 13. The number of carboxylic acid groups (broad SMARTS) is 1. The average molecular weight is 339 g/mol. The van der Waals surface area contributed by atoms with Gasteiger partial charge in [0.2, 0.25) is 0 Å². The van der Waals surface area contributed by atoms with Crippen molar-refractivity contribution in [1.82, 2.24) is 0 Å². The van der Waals surface area contributed by atoms with Gasteiger partial charge in [-0.3, -0.25) is 0 Å². The van der Waals surface area contributed by atoms with Crippen LogP contribution in [0.2, 0.25) is 0 Å². The van der Waals surface area contributed by atoms with Gasteiger partial charge in [-0.05, 0) is 19.3 Å².